The zero-order chi connectivity index (χ0) is 11.0. The van der Waals surface area contributed by atoms with Crippen molar-refractivity contribution in [1.82, 2.24) is 0 Å². The van der Waals surface area contributed by atoms with Crippen LogP contribution < -0.4 is 15.2 Å². The van der Waals surface area contributed by atoms with E-state index in [0.717, 1.165) is 6.07 Å². The van der Waals surface area contributed by atoms with Crippen LogP contribution in [0.5, 0.6) is 17.2 Å². The zero-order valence-electron chi connectivity index (χ0n) is 8.29. The number of halogens is 1. The number of benzene rings is 1. The van der Waals surface area contributed by atoms with Crippen LogP contribution in [0.2, 0.25) is 0 Å². The summed E-state index contributed by atoms with van der Waals surface area (Å²) in [5, 5.41) is 9.60. The maximum atomic E-state index is 13.3. The van der Waals surface area contributed by atoms with Crippen LogP contribution in [0.25, 0.3) is 0 Å². The van der Waals surface area contributed by atoms with Gasteiger partial charge < -0.3 is 20.3 Å². The molecule has 82 valence electrons. The van der Waals surface area contributed by atoms with Gasteiger partial charge in [0.05, 0.1) is 0 Å². The lowest BCUT2D eigenvalue weighted by Gasteiger charge is -2.14. The fraction of sp³-hybridized carbons (Fsp3) is 0.400. The van der Waals surface area contributed by atoms with Crippen molar-refractivity contribution in [3.8, 4) is 17.2 Å². The van der Waals surface area contributed by atoms with Crippen molar-refractivity contribution < 1.29 is 19.0 Å². The third-order valence-electron chi connectivity index (χ3n) is 2.47. The molecule has 1 aromatic carbocycles. The van der Waals surface area contributed by atoms with Gasteiger partial charge in [0.25, 0.3) is 0 Å². The summed E-state index contributed by atoms with van der Waals surface area (Å²) in [7, 11) is 0. The van der Waals surface area contributed by atoms with Crippen LogP contribution in [-0.2, 0) is 0 Å². The molecule has 0 bridgehead atoms. The molecule has 1 aliphatic rings. The van der Waals surface area contributed by atoms with Gasteiger partial charge in [0.1, 0.15) is 0 Å². The van der Waals surface area contributed by atoms with Crippen molar-refractivity contribution in [3.63, 3.8) is 0 Å². The summed E-state index contributed by atoms with van der Waals surface area (Å²) < 4.78 is 23.5. The molecule has 3 N–H and O–H groups in total. The lowest BCUT2D eigenvalue weighted by molar-refractivity contribution is 0.173. The number of nitrogens with two attached hydrogens (primary N) is 1. The highest BCUT2D eigenvalue weighted by molar-refractivity contribution is 5.56. The Morgan fingerprint density at radius 1 is 1.60 bits per heavy atom. The van der Waals surface area contributed by atoms with E-state index in [1.54, 1.807) is 6.92 Å². The molecule has 0 radical (unpaired) electrons. The average Bonchev–Trinajstić information content (AvgIpc) is 2.66. The number of phenolic OH excluding ortho intramolecular Hbond substituents is 1. The number of ether oxygens (including phenoxy) is 2. The predicted molar refractivity (Wildman–Crippen MR) is 51.7 cm³/mol. The Bertz CT molecular complexity index is 395. The van der Waals surface area contributed by atoms with Gasteiger partial charge in [-0.3, -0.25) is 0 Å². The number of rotatable bonds is 2. The minimum atomic E-state index is -0.713. The lowest BCUT2D eigenvalue weighted by Crippen LogP contribution is -2.10. The molecule has 1 aliphatic heterocycles. The molecule has 0 saturated heterocycles. The quantitative estimate of drug-likeness (QED) is 0.777. The Labute approximate surface area is 86.4 Å². The molecule has 1 heterocycles. The van der Waals surface area contributed by atoms with E-state index in [-0.39, 0.29) is 12.7 Å². The highest BCUT2D eigenvalue weighted by Gasteiger charge is 2.27. The number of hydrogen-bond acceptors (Lipinski definition) is 4. The van der Waals surface area contributed by atoms with Crippen LogP contribution >= 0.6 is 0 Å². The number of hydrogen-bond donors (Lipinski definition) is 2. The standard InChI is InChI=1S/C10H12FNO3/c1-5(3-12)8-9(13)6(11)2-7-10(8)15-4-14-7/h2,5,13H,3-4,12H2,1H3. The van der Waals surface area contributed by atoms with E-state index in [9.17, 15) is 9.50 Å². The molecule has 0 saturated carbocycles. The minimum absolute atomic E-state index is 0.0442. The van der Waals surface area contributed by atoms with Crippen molar-refractivity contribution >= 4 is 0 Å². The van der Waals surface area contributed by atoms with Gasteiger partial charge in [-0.25, -0.2) is 4.39 Å². The molecule has 0 spiro atoms. The van der Waals surface area contributed by atoms with Crippen LogP contribution in [-0.4, -0.2) is 18.4 Å². The molecule has 4 nitrogen and oxygen atoms in total. The first-order valence-corrected chi connectivity index (χ1v) is 4.66. The van der Waals surface area contributed by atoms with Crippen molar-refractivity contribution in [1.29, 1.82) is 0 Å². The maximum Gasteiger partial charge on any atom is 0.231 e. The summed E-state index contributed by atoms with van der Waals surface area (Å²) in [5.41, 5.74) is 5.87. The van der Waals surface area contributed by atoms with Gasteiger partial charge >= 0.3 is 0 Å². The van der Waals surface area contributed by atoms with Gasteiger partial charge in [-0.05, 0) is 6.54 Å². The molecule has 15 heavy (non-hydrogen) atoms. The third kappa shape index (κ3) is 1.48. The fourth-order valence-corrected chi connectivity index (χ4v) is 1.60. The Balaban J connectivity index is 2.60. The van der Waals surface area contributed by atoms with Gasteiger partial charge in [-0.2, -0.15) is 0 Å². The smallest absolute Gasteiger partial charge is 0.231 e. The van der Waals surface area contributed by atoms with E-state index in [1.807, 2.05) is 0 Å². The van der Waals surface area contributed by atoms with Crippen LogP contribution in [0.1, 0.15) is 18.4 Å². The Kier molecular flexibility index (Phi) is 2.40. The summed E-state index contributed by atoms with van der Waals surface area (Å²) in [6.45, 7) is 2.13. The van der Waals surface area contributed by atoms with Crippen LogP contribution in [0.15, 0.2) is 6.07 Å². The Hall–Kier alpha value is -1.49. The maximum absolute atomic E-state index is 13.3. The highest BCUT2D eigenvalue weighted by Crippen LogP contribution is 2.45. The van der Waals surface area contributed by atoms with Crippen LogP contribution in [0.3, 0.4) is 0 Å². The topological polar surface area (TPSA) is 64.7 Å². The largest absolute Gasteiger partial charge is 0.505 e. The zero-order valence-corrected chi connectivity index (χ0v) is 8.29. The molecule has 1 unspecified atom stereocenters. The van der Waals surface area contributed by atoms with E-state index in [1.165, 1.54) is 0 Å². The number of fused-ring (bicyclic) bond motifs is 1. The first-order chi connectivity index (χ1) is 7.15. The molecule has 0 aliphatic carbocycles. The van der Waals surface area contributed by atoms with Crippen molar-refractivity contribution in [2.45, 2.75) is 12.8 Å². The second-order valence-corrected chi connectivity index (χ2v) is 3.49. The van der Waals surface area contributed by atoms with Crippen molar-refractivity contribution in [2.75, 3.05) is 13.3 Å². The van der Waals surface area contributed by atoms with Gasteiger partial charge in [0, 0.05) is 17.5 Å². The molecule has 1 aromatic rings. The predicted octanol–water partition coefficient (Wildman–Crippen LogP) is 1.32. The minimum Gasteiger partial charge on any atom is -0.505 e. The normalized spacial score (nSPS) is 15.4. The van der Waals surface area contributed by atoms with E-state index < -0.39 is 11.6 Å². The van der Waals surface area contributed by atoms with Crippen molar-refractivity contribution in [3.05, 3.63) is 17.4 Å². The van der Waals surface area contributed by atoms with E-state index in [0.29, 0.717) is 23.6 Å². The summed E-state index contributed by atoms with van der Waals surface area (Å²) in [6, 6.07) is 1.12. The molecule has 2 rings (SSSR count). The first kappa shape index (κ1) is 10.0. The summed E-state index contributed by atoms with van der Waals surface area (Å²) in [6.07, 6.45) is 0. The molecular formula is C10H12FNO3. The summed E-state index contributed by atoms with van der Waals surface area (Å²) in [4.78, 5) is 0. The van der Waals surface area contributed by atoms with Gasteiger partial charge in [0.15, 0.2) is 23.1 Å². The summed E-state index contributed by atoms with van der Waals surface area (Å²) in [5.74, 6) is -0.588. The molecular weight excluding hydrogens is 201 g/mol. The Morgan fingerprint density at radius 3 is 3.00 bits per heavy atom. The molecule has 0 amide bonds. The SMILES string of the molecule is CC(CN)c1c(O)c(F)cc2c1OCO2. The monoisotopic (exact) mass is 213 g/mol. The second-order valence-electron chi connectivity index (χ2n) is 3.49. The third-order valence-corrected chi connectivity index (χ3v) is 2.47. The van der Waals surface area contributed by atoms with Gasteiger partial charge in [0.2, 0.25) is 6.79 Å². The molecule has 5 heteroatoms. The summed E-state index contributed by atoms with van der Waals surface area (Å²) >= 11 is 0. The van der Waals surface area contributed by atoms with Crippen molar-refractivity contribution in [2.24, 2.45) is 5.73 Å². The van der Waals surface area contributed by atoms with Gasteiger partial charge in [-0.15, -0.1) is 0 Å². The average molecular weight is 213 g/mol. The first-order valence-electron chi connectivity index (χ1n) is 4.66. The number of phenols is 1. The van der Waals surface area contributed by atoms with E-state index in [2.05, 4.69) is 0 Å². The Morgan fingerprint density at radius 2 is 2.33 bits per heavy atom. The van der Waals surface area contributed by atoms with E-state index >= 15 is 0 Å². The van der Waals surface area contributed by atoms with E-state index in [4.69, 9.17) is 15.2 Å². The molecule has 1 atom stereocenters. The van der Waals surface area contributed by atoms with Crippen LogP contribution in [0, 0.1) is 5.82 Å². The fourth-order valence-electron chi connectivity index (χ4n) is 1.60. The highest BCUT2D eigenvalue weighted by atomic mass is 19.1. The molecule has 0 aromatic heterocycles. The number of aromatic hydroxyl groups is 1. The van der Waals surface area contributed by atoms with Crippen LogP contribution in [0.4, 0.5) is 4.39 Å². The molecule has 0 fully saturated rings. The second kappa shape index (κ2) is 3.58. The van der Waals surface area contributed by atoms with Gasteiger partial charge in [-0.1, -0.05) is 6.92 Å². The lowest BCUT2D eigenvalue weighted by atomic mass is 9.98.